The Bertz CT molecular complexity index is 1220. The van der Waals surface area contributed by atoms with Crippen LogP contribution in [0, 0.1) is 0 Å². The van der Waals surface area contributed by atoms with Gasteiger partial charge in [-0.15, -0.1) is 0 Å². The van der Waals surface area contributed by atoms with Crippen LogP contribution in [0.3, 0.4) is 0 Å². The van der Waals surface area contributed by atoms with E-state index >= 15 is 0 Å². The molecule has 0 saturated carbocycles. The van der Waals surface area contributed by atoms with Crippen LogP contribution in [0.15, 0.2) is 66.7 Å². The lowest BCUT2D eigenvalue weighted by Gasteiger charge is -2.39. The zero-order chi connectivity index (χ0) is 29.0. The number of hydrogen-bond donors (Lipinski definition) is 1. The summed E-state index contributed by atoms with van der Waals surface area (Å²) < 4.78 is 6.04. The van der Waals surface area contributed by atoms with Crippen molar-refractivity contribution in [2.24, 2.45) is 0 Å². The summed E-state index contributed by atoms with van der Waals surface area (Å²) in [6.45, 7) is 10.8. The lowest BCUT2D eigenvalue weighted by Crippen LogP contribution is -2.49. The molecule has 2 aliphatic heterocycles. The van der Waals surface area contributed by atoms with Gasteiger partial charge in [-0.3, -0.25) is 19.4 Å². The highest BCUT2D eigenvalue weighted by Gasteiger charge is 2.24. The van der Waals surface area contributed by atoms with E-state index in [1.807, 2.05) is 35.2 Å². The van der Waals surface area contributed by atoms with Crippen molar-refractivity contribution >= 4 is 23.2 Å². The highest BCUT2D eigenvalue weighted by molar-refractivity contribution is 6.07. The molecule has 2 atom stereocenters. The summed E-state index contributed by atoms with van der Waals surface area (Å²) in [5.74, 6) is 1.12. The number of ether oxygens (including phenoxy) is 1. The number of fused-ring (bicyclic) bond motifs is 1. The summed E-state index contributed by atoms with van der Waals surface area (Å²) in [7, 11) is 0. The third kappa shape index (κ3) is 8.54. The second-order valence-electron chi connectivity index (χ2n) is 11.2. The first-order valence-electron chi connectivity index (χ1n) is 15.0. The predicted molar refractivity (Wildman–Crippen MR) is 165 cm³/mol. The molecule has 2 unspecified atom stereocenters. The van der Waals surface area contributed by atoms with Gasteiger partial charge in [0.25, 0.3) is 12.4 Å². The minimum atomic E-state index is -0.250. The van der Waals surface area contributed by atoms with Crippen molar-refractivity contribution in [3.8, 4) is 5.75 Å². The summed E-state index contributed by atoms with van der Waals surface area (Å²) in [4.78, 5) is 28.7. The number of carboxylic acid groups (broad SMARTS) is 1. The van der Waals surface area contributed by atoms with E-state index in [9.17, 15) is 4.79 Å². The fourth-order valence-corrected chi connectivity index (χ4v) is 6.15. The number of amides is 1. The number of benzene rings is 3. The first kappa shape index (κ1) is 30.5. The number of rotatable bonds is 9. The molecule has 3 aromatic carbocycles. The van der Waals surface area contributed by atoms with Crippen LogP contribution in [-0.2, 0) is 11.2 Å². The topological polar surface area (TPSA) is 73.3 Å². The Morgan fingerprint density at radius 3 is 2.27 bits per heavy atom. The van der Waals surface area contributed by atoms with E-state index in [0.717, 1.165) is 80.8 Å². The molecule has 2 fully saturated rings. The molecule has 0 radical (unpaired) electrons. The van der Waals surface area contributed by atoms with E-state index in [4.69, 9.17) is 14.6 Å². The van der Waals surface area contributed by atoms with Gasteiger partial charge in [0, 0.05) is 56.9 Å². The fourth-order valence-electron chi connectivity index (χ4n) is 6.15. The van der Waals surface area contributed by atoms with E-state index < -0.39 is 0 Å². The maximum absolute atomic E-state index is 13.2. The van der Waals surface area contributed by atoms with Crippen LogP contribution >= 0.6 is 0 Å². The van der Waals surface area contributed by atoms with Crippen molar-refractivity contribution < 1.29 is 19.4 Å². The molecule has 2 aliphatic rings. The van der Waals surface area contributed by atoms with Crippen LogP contribution < -0.4 is 4.74 Å². The molecule has 0 spiro atoms. The lowest BCUT2D eigenvalue weighted by atomic mass is 9.97. The van der Waals surface area contributed by atoms with Gasteiger partial charge in [0.15, 0.2) is 0 Å². The molecule has 1 N–H and O–H groups in total. The largest absolute Gasteiger partial charge is 0.494 e. The fraction of sp³-hybridized carbons (Fsp3) is 0.471. The highest BCUT2D eigenvalue weighted by atomic mass is 16.5. The van der Waals surface area contributed by atoms with Crippen molar-refractivity contribution in [3.05, 3.63) is 77.9 Å². The van der Waals surface area contributed by atoms with Gasteiger partial charge in [0.05, 0.1) is 6.61 Å². The molecule has 2 heterocycles. The smallest absolute Gasteiger partial charge is 0.290 e. The number of piperazine rings is 1. The van der Waals surface area contributed by atoms with Gasteiger partial charge in [0.1, 0.15) is 5.75 Å². The zero-order valence-corrected chi connectivity index (χ0v) is 24.6. The standard InChI is InChI=1S/C33H43N3O2.CH2O2/c1-26-8-5-9-27(2)36(26)19-7-25-38-30-16-14-28(15-17-30)18-20-34-21-23-35(24-22-34)33(37)32-13-6-11-29-10-3-4-12-31(29)32;2-1-3/h3-4,6,10-17,26-27H,5,7-9,18-25H2,1-2H3;1H,(H,2,3). The molecule has 2 saturated heterocycles. The summed E-state index contributed by atoms with van der Waals surface area (Å²) >= 11 is 0. The average molecular weight is 560 g/mol. The SMILES string of the molecule is CC1CCCC(C)N1CCCOc1ccc(CCN2CCN(C(=O)c3cccc4ccccc34)CC2)cc1.O=CO. The normalized spacial score (nSPS) is 19.8. The molecular formula is C34H45N3O4. The Hall–Kier alpha value is -3.42. The second kappa shape index (κ2) is 15.5. The summed E-state index contributed by atoms with van der Waals surface area (Å²) in [5, 5.41) is 9.05. The first-order chi connectivity index (χ1) is 20.0. The molecule has 7 heteroatoms. The van der Waals surface area contributed by atoms with Crippen LogP contribution in [0.1, 0.15) is 55.5 Å². The van der Waals surface area contributed by atoms with E-state index in [1.54, 1.807) is 0 Å². The molecule has 0 bridgehead atoms. The number of carbonyl (C=O) groups excluding carboxylic acids is 1. The van der Waals surface area contributed by atoms with Gasteiger partial charge < -0.3 is 14.7 Å². The third-order valence-electron chi connectivity index (χ3n) is 8.53. The zero-order valence-electron chi connectivity index (χ0n) is 24.6. The van der Waals surface area contributed by atoms with E-state index in [2.05, 4.69) is 60.0 Å². The van der Waals surface area contributed by atoms with Gasteiger partial charge in [-0.25, -0.2) is 0 Å². The molecule has 5 rings (SSSR count). The Morgan fingerprint density at radius 2 is 1.56 bits per heavy atom. The lowest BCUT2D eigenvalue weighted by molar-refractivity contribution is -0.122. The van der Waals surface area contributed by atoms with Gasteiger partial charge in [-0.1, -0.05) is 55.0 Å². The van der Waals surface area contributed by atoms with Crippen LogP contribution in [-0.4, -0.2) is 90.1 Å². The summed E-state index contributed by atoms with van der Waals surface area (Å²) in [6.07, 6.45) is 6.11. The van der Waals surface area contributed by atoms with Gasteiger partial charge in [0.2, 0.25) is 0 Å². The molecule has 7 nitrogen and oxygen atoms in total. The number of piperidine rings is 1. The monoisotopic (exact) mass is 559 g/mol. The number of carbonyl (C=O) groups is 2. The Labute approximate surface area is 244 Å². The van der Waals surface area contributed by atoms with Crippen LogP contribution in [0.25, 0.3) is 10.8 Å². The number of likely N-dealkylation sites (tertiary alicyclic amines) is 1. The quantitative estimate of drug-likeness (QED) is 0.273. The molecule has 0 aromatic heterocycles. The van der Waals surface area contributed by atoms with Crippen molar-refractivity contribution in [2.45, 2.75) is 58.0 Å². The van der Waals surface area contributed by atoms with Crippen LogP contribution in [0.4, 0.5) is 0 Å². The van der Waals surface area contributed by atoms with Gasteiger partial charge >= 0.3 is 0 Å². The van der Waals surface area contributed by atoms with Gasteiger partial charge in [-0.2, -0.15) is 0 Å². The van der Waals surface area contributed by atoms with E-state index in [0.29, 0.717) is 12.1 Å². The Morgan fingerprint density at radius 1 is 0.902 bits per heavy atom. The molecule has 3 aromatic rings. The minimum absolute atomic E-state index is 0.150. The number of nitrogens with zero attached hydrogens (tertiary/aromatic N) is 3. The first-order valence-corrected chi connectivity index (χ1v) is 15.0. The minimum Gasteiger partial charge on any atom is -0.494 e. The molecular weight excluding hydrogens is 514 g/mol. The van der Waals surface area contributed by atoms with Crippen LogP contribution in [0.5, 0.6) is 5.75 Å². The Kier molecular flexibility index (Phi) is 11.6. The highest BCUT2D eigenvalue weighted by Crippen LogP contribution is 2.23. The van der Waals surface area contributed by atoms with E-state index in [-0.39, 0.29) is 12.4 Å². The summed E-state index contributed by atoms with van der Waals surface area (Å²) in [5.41, 5.74) is 2.15. The summed E-state index contributed by atoms with van der Waals surface area (Å²) in [6, 6.07) is 24.2. The van der Waals surface area contributed by atoms with E-state index in [1.165, 1.54) is 24.8 Å². The molecule has 0 aliphatic carbocycles. The predicted octanol–water partition coefficient (Wildman–Crippen LogP) is 5.57. The van der Waals surface area contributed by atoms with Crippen molar-refractivity contribution in [1.82, 2.24) is 14.7 Å². The average Bonchev–Trinajstić information content (AvgIpc) is 3.00. The maximum atomic E-state index is 13.2. The van der Waals surface area contributed by atoms with Gasteiger partial charge in [-0.05, 0) is 74.1 Å². The maximum Gasteiger partial charge on any atom is 0.290 e. The molecule has 220 valence electrons. The number of hydrogen-bond acceptors (Lipinski definition) is 5. The van der Waals surface area contributed by atoms with Crippen molar-refractivity contribution in [2.75, 3.05) is 45.9 Å². The Balaban J connectivity index is 0.00000124. The molecule has 41 heavy (non-hydrogen) atoms. The molecule has 1 amide bonds. The van der Waals surface area contributed by atoms with Crippen molar-refractivity contribution in [1.29, 1.82) is 0 Å². The third-order valence-corrected chi connectivity index (χ3v) is 8.53. The second-order valence-corrected chi connectivity index (χ2v) is 11.2. The van der Waals surface area contributed by atoms with Crippen molar-refractivity contribution in [3.63, 3.8) is 0 Å². The van der Waals surface area contributed by atoms with Crippen LogP contribution in [0.2, 0.25) is 0 Å².